The Labute approximate surface area is 112 Å². The average molecular weight is 245 g/mol. The van der Waals surface area contributed by atoms with E-state index in [0.29, 0.717) is 0 Å². The first-order valence-electron chi connectivity index (χ1n) is 7.31. The van der Waals surface area contributed by atoms with E-state index in [0.717, 1.165) is 12.6 Å². The summed E-state index contributed by atoms with van der Waals surface area (Å²) in [6.07, 6.45) is 4.12. The highest BCUT2D eigenvalue weighted by atomic mass is 15.2. The summed E-state index contributed by atoms with van der Waals surface area (Å²) in [4.78, 5) is 2.65. The molecule has 0 saturated carbocycles. The van der Waals surface area contributed by atoms with E-state index in [-0.39, 0.29) is 5.41 Å². The molecule has 18 heavy (non-hydrogen) atoms. The van der Waals surface area contributed by atoms with E-state index in [2.05, 4.69) is 56.9 Å². The van der Waals surface area contributed by atoms with Crippen LogP contribution in [0.3, 0.4) is 0 Å². The summed E-state index contributed by atoms with van der Waals surface area (Å²) in [5.41, 5.74) is 3.26. The minimum atomic E-state index is 0.246. The van der Waals surface area contributed by atoms with Crippen LogP contribution in [0, 0.1) is 0 Å². The summed E-state index contributed by atoms with van der Waals surface area (Å²) in [5, 5.41) is 0. The average Bonchev–Trinajstić information content (AvgIpc) is 2.31. The second-order valence-electron chi connectivity index (χ2n) is 6.72. The fraction of sp³-hybridized carbons (Fsp3) is 0.647. The summed E-state index contributed by atoms with van der Waals surface area (Å²) < 4.78 is 0. The maximum absolute atomic E-state index is 2.65. The van der Waals surface area contributed by atoms with Crippen molar-refractivity contribution in [1.82, 2.24) is 4.90 Å². The molecule has 1 aromatic carbocycles. The van der Waals surface area contributed by atoms with E-state index < -0.39 is 0 Å². The lowest BCUT2D eigenvalue weighted by molar-refractivity contribution is 0.152. The zero-order valence-electron chi connectivity index (χ0n) is 12.4. The van der Waals surface area contributed by atoms with E-state index in [9.17, 15) is 0 Å². The standard InChI is InChI=1S/C17H27N/c1-14-9-7-8-12-18(14)13-15-10-5-6-11-16(15)17(2,3)4/h5-6,10-11,14H,7-9,12-13H2,1-4H3/t14-/m0/s1. The van der Waals surface area contributed by atoms with Crippen LogP contribution in [0.1, 0.15) is 58.1 Å². The molecule has 1 atom stereocenters. The van der Waals surface area contributed by atoms with Crippen molar-refractivity contribution in [1.29, 1.82) is 0 Å². The monoisotopic (exact) mass is 245 g/mol. The molecule has 0 N–H and O–H groups in total. The molecule has 0 aromatic heterocycles. The molecule has 1 aliphatic rings. The predicted molar refractivity (Wildman–Crippen MR) is 78.9 cm³/mol. The van der Waals surface area contributed by atoms with Crippen LogP contribution in [0.15, 0.2) is 24.3 Å². The quantitative estimate of drug-likeness (QED) is 0.748. The topological polar surface area (TPSA) is 3.24 Å². The Bertz CT molecular complexity index is 389. The number of hydrogen-bond donors (Lipinski definition) is 0. The summed E-state index contributed by atoms with van der Waals surface area (Å²) in [5.74, 6) is 0. The van der Waals surface area contributed by atoms with E-state index >= 15 is 0 Å². The van der Waals surface area contributed by atoms with Gasteiger partial charge in [-0.25, -0.2) is 0 Å². The van der Waals surface area contributed by atoms with Crippen LogP contribution in [0.4, 0.5) is 0 Å². The van der Waals surface area contributed by atoms with Crippen molar-refractivity contribution in [3.63, 3.8) is 0 Å². The predicted octanol–water partition coefficient (Wildman–Crippen LogP) is 4.36. The molecule has 0 unspecified atom stereocenters. The van der Waals surface area contributed by atoms with Crippen molar-refractivity contribution >= 4 is 0 Å². The first-order valence-corrected chi connectivity index (χ1v) is 7.31. The minimum Gasteiger partial charge on any atom is -0.296 e. The molecule has 0 amide bonds. The van der Waals surface area contributed by atoms with E-state index in [1.54, 1.807) is 0 Å². The number of hydrogen-bond acceptors (Lipinski definition) is 1. The molecule has 0 bridgehead atoms. The summed E-state index contributed by atoms with van der Waals surface area (Å²) in [6.45, 7) is 11.7. The smallest absolute Gasteiger partial charge is 0.0239 e. The number of benzene rings is 1. The van der Waals surface area contributed by atoms with Crippen molar-refractivity contribution in [3.05, 3.63) is 35.4 Å². The van der Waals surface area contributed by atoms with Crippen molar-refractivity contribution in [2.45, 2.75) is 65.0 Å². The molecule has 1 fully saturated rings. The molecule has 0 spiro atoms. The second kappa shape index (κ2) is 5.44. The van der Waals surface area contributed by atoms with Gasteiger partial charge in [-0.1, -0.05) is 51.5 Å². The summed E-state index contributed by atoms with van der Waals surface area (Å²) in [6, 6.07) is 9.70. The van der Waals surface area contributed by atoms with Gasteiger partial charge in [0, 0.05) is 12.6 Å². The molecule has 1 aliphatic heterocycles. The third kappa shape index (κ3) is 3.14. The Balaban J connectivity index is 2.18. The van der Waals surface area contributed by atoms with Gasteiger partial charge in [-0.3, -0.25) is 4.90 Å². The summed E-state index contributed by atoms with van der Waals surface area (Å²) in [7, 11) is 0. The van der Waals surface area contributed by atoms with E-state index in [1.165, 1.54) is 36.9 Å². The molecule has 1 nitrogen and oxygen atoms in total. The van der Waals surface area contributed by atoms with Crippen LogP contribution in [-0.4, -0.2) is 17.5 Å². The zero-order chi connectivity index (χ0) is 13.2. The van der Waals surface area contributed by atoms with Gasteiger partial charge in [-0.2, -0.15) is 0 Å². The first-order chi connectivity index (χ1) is 8.48. The molecule has 1 saturated heterocycles. The van der Waals surface area contributed by atoms with E-state index in [4.69, 9.17) is 0 Å². The fourth-order valence-corrected chi connectivity index (χ4v) is 3.00. The Hall–Kier alpha value is -0.820. The van der Waals surface area contributed by atoms with Crippen molar-refractivity contribution in [2.75, 3.05) is 6.54 Å². The Morgan fingerprint density at radius 1 is 1.17 bits per heavy atom. The molecular formula is C17H27N. The highest BCUT2D eigenvalue weighted by Crippen LogP contribution is 2.28. The second-order valence-corrected chi connectivity index (χ2v) is 6.72. The van der Waals surface area contributed by atoms with Crippen molar-refractivity contribution in [2.24, 2.45) is 0 Å². The lowest BCUT2D eigenvalue weighted by atomic mass is 9.83. The minimum absolute atomic E-state index is 0.246. The Morgan fingerprint density at radius 2 is 1.89 bits per heavy atom. The van der Waals surface area contributed by atoms with Crippen LogP contribution in [0.2, 0.25) is 0 Å². The SMILES string of the molecule is C[C@H]1CCCCN1Cc1ccccc1C(C)(C)C. The van der Waals surface area contributed by atoms with Gasteiger partial charge >= 0.3 is 0 Å². The van der Waals surface area contributed by atoms with Crippen LogP contribution >= 0.6 is 0 Å². The van der Waals surface area contributed by atoms with Gasteiger partial charge in [0.1, 0.15) is 0 Å². The van der Waals surface area contributed by atoms with Gasteiger partial charge < -0.3 is 0 Å². The number of piperidine rings is 1. The Kier molecular flexibility index (Phi) is 4.11. The van der Waals surface area contributed by atoms with Gasteiger partial charge in [0.05, 0.1) is 0 Å². The highest BCUT2D eigenvalue weighted by molar-refractivity contribution is 5.32. The highest BCUT2D eigenvalue weighted by Gasteiger charge is 2.22. The third-order valence-corrected chi connectivity index (χ3v) is 4.14. The van der Waals surface area contributed by atoms with Gasteiger partial charge in [0.2, 0.25) is 0 Å². The molecule has 2 rings (SSSR count). The third-order valence-electron chi connectivity index (χ3n) is 4.14. The normalized spacial score (nSPS) is 22.1. The molecule has 1 heterocycles. The van der Waals surface area contributed by atoms with Crippen LogP contribution in [0.25, 0.3) is 0 Å². The van der Waals surface area contributed by atoms with Gasteiger partial charge in [-0.15, -0.1) is 0 Å². The lowest BCUT2D eigenvalue weighted by Crippen LogP contribution is -2.37. The largest absolute Gasteiger partial charge is 0.296 e. The molecule has 0 aliphatic carbocycles. The molecule has 1 aromatic rings. The number of rotatable bonds is 2. The molecule has 1 heteroatoms. The van der Waals surface area contributed by atoms with E-state index in [1.807, 2.05) is 0 Å². The summed E-state index contributed by atoms with van der Waals surface area (Å²) >= 11 is 0. The van der Waals surface area contributed by atoms with Gasteiger partial charge in [0.25, 0.3) is 0 Å². The molecule has 100 valence electrons. The Morgan fingerprint density at radius 3 is 2.56 bits per heavy atom. The molecule has 0 radical (unpaired) electrons. The first kappa shape index (κ1) is 13.6. The zero-order valence-corrected chi connectivity index (χ0v) is 12.4. The van der Waals surface area contributed by atoms with Crippen LogP contribution < -0.4 is 0 Å². The van der Waals surface area contributed by atoms with Crippen molar-refractivity contribution < 1.29 is 0 Å². The number of likely N-dealkylation sites (tertiary alicyclic amines) is 1. The van der Waals surface area contributed by atoms with Gasteiger partial charge in [-0.05, 0) is 42.9 Å². The maximum atomic E-state index is 2.65. The number of nitrogens with zero attached hydrogens (tertiary/aromatic N) is 1. The van der Waals surface area contributed by atoms with Crippen LogP contribution in [0.5, 0.6) is 0 Å². The van der Waals surface area contributed by atoms with Crippen LogP contribution in [-0.2, 0) is 12.0 Å². The van der Waals surface area contributed by atoms with Gasteiger partial charge in [0.15, 0.2) is 0 Å². The fourth-order valence-electron chi connectivity index (χ4n) is 3.00. The maximum Gasteiger partial charge on any atom is 0.0239 e. The van der Waals surface area contributed by atoms with Crippen molar-refractivity contribution in [3.8, 4) is 0 Å². The molecular weight excluding hydrogens is 218 g/mol. The lowest BCUT2D eigenvalue weighted by Gasteiger charge is -2.35.